The summed E-state index contributed by atoms with van der Waals surface area (Å²) in [5, 5.41) is 11.1. The highest BCUT2D eigenvalue weighted by Gasteiger charge is 2.27. The molecule has 0 bridgehead atoms. The Morgan fingerprint density at radius 2 is 1.70 bits per heavy atom. The molecule has 1 amide bonds. The van der Waals surface area contributed by atoms with Gasteiger partial charge >= 0.3 is 0 Å². The summed E-state index contributed by atoms with van der Waals surface area (Å²) < 4.78 is 1.95. The fourth-order valence-electron chi connectivity index (χ4n) is 4.06. The molecule has 6 heteroatoms. The van der Waals surface area contributed by atoms with E-state index in [1.165, 1.54) is 11.1 Å². The molecule has 30 heavy (non-hydrogen) atoms. The molecule has 0 spiro atoms. The van der Waals surface area contributed by atoms with Crippen molar-refractivity contribution in [3.05, 3.63) is 76.6 Å². The van der Waals surface area contributed by atoms with Gasteiger partial charge in [0.05, 0.1) is 23.1 Å². The Hall–Kier alpha value is -2.63. The van der Waals surface area contributed by atoms with Crippen molar-refractivity contribution < 1.29 is 4.79 Å². The summed E-state index contributed by atoms with van der Waals surface area (Å²) in [6.45, 7) is 8.07. The Morgan fingerprint density at radius 1 is 1.03 bits per heavy atom. The lowest BCUT2D eigenvalue weighted by Gasteiger charge is -2.25. The molecular weight excluding hydrogens is 396 g/mol. The Bertz CT molecular complexity index is 1020. The van der Waals surface area contributed by atoms with Crippen molar-refractivity contribution in [3.8, 4) is 5.69 Å². The number of anilines is 1. The molecule has 0 saturated carbocycles. The van der Waals surface area contributed by atoms with Crippen LogP contribution >= 0.6 is 12.4 Å². The molecule has 3 aromatic rings. The van der Waals surface area contributed by atoms with Gasteiger partial charge in [0.25, 0.3) is 5.91 Å². The van der Waals surface area contributed by atoms with E-state index < -0.39 is 0 Å². The van der Waals surface area contributed by atoms with E-state index in [0.29, 0.717) is 11.5 Å². The average Bonchev–Trinajstić information content (AvgIpc) is 3.16. The summed E-state index contributed by atoms with van der Waals surface area (Å²) in [6, 6.07) is 14.4. The number of nitrogens with zero attached hydrogens (tertiary/aromatic N) is 2. The van der Waals surface area contributed by atoms with Crippen LogP contribution in [0, 0.1) is 20.8 Å². The normalized spacial score (nSPS) is 14.2. The molecule has 5 nitrogen and oxygen atoms in total. The highest BCUT2D eigenvalue weighted by Crippen LogP contribution is 2.31. The lowest BCUT2D eigenvalue weighted by Crippen LogP contribution is -2.29. The molecule has 0 unspecified atom stereocenters. The molecule has 1 saturated heterocycles. The third-order valence-electron chi connectivity index (χ3n) is 5.69. The predicted molar refractivity (Wildman–Crippen MR) is 124 cm³/mol. The van der Waals surface area contributed by atoms with Gasteiger partial charge in [-0.15, -0.1) is 12.4 Å². The first-order valence-corrected chi connectivity index (χ1v) is 10.3. The Kier molecular flexibility index (Phi) is 6.95. The number of hydrogen-bond donors (Lipinski definition) is 2. The van der Waals surface area contributed by atoms with Crippen LogP contribution in [0.2, 0.25) is 0 Å². The fraction of sp³-hybridized carbons (Fsp3) is 0.333. The number of piperidine rings is 1. The molecule has 4 rings (SSSR count). The van der Waals surface area contributed by atoms with Crippen LogP contribution in [0.5, 0.6) is 0 Å². The van der Waals surface area contributed by atoms with Crippen LogP contribution in [-0.4, -0.2) is 28.8 Å². The van der Waals surface area contributed by atoms with Crippen LogP contribution in [0.25, 0.3) is 5.69 Å². The van der Waals surface area contributed by atoms with Gasteiger partial charge in [-0.2, -0.15) is 5.10 Å². The van der Waals surface area contributed by atoms with Crippen molar-refractivity contribution in [1.82, 2.24) is 15.1 Å². The number of aryl methyl sites for hydroxylation is 3. The molecule has 0 atom stereocenters. The molecule has 0 radical (unpaired) electrons. The Balaban J connectivity index is 0.00000256. The largest absolute Gasteiger partial charge is 0.322 e. The first kappa shape index (κ1) is 22.1. The lowest BCUT2D eigenvalue weighted by molar-refractivity contribution is 0.102. The van der Waals surface area contributed by atoms with Crippen molar-refractivity contribution in [2.75, 3.05) is 18.4 Å². The third-order valence-corrected chi connectivity index (χ3v) is 5.69. The molecule has 0 aliphatic carbocycles. The molecule has 2 aromatic carbocycles. The van der Waals surface area contributed by atoms with Crippen molar-refractivity contribution in [1.29, 1.82) is 0 Å². The topological polar surface area (TPSA) is 59.0 Å². The van der Waals surface area contributed by atoms with E-state index >= 15 is 0 Å². The van der Waals surface area contributed by atoms with Crippen molar-refractivity contribution in [3.63, 3.8) is 0 Å². The molecule has 158 valence electrons. The van der Waals surface area contributed by atoms with Gasteiger partial charge in [0.15, 0.2) is 0 Å². The molecule has 2 heterocycles. The number of nitrogens with one attached hydrogen (secondary N) is 2. The number of benzene rings is 2. The van der Waals surface area contributed by atoms with E-state index in [1.54, 1.807) is 6.20 Å². The van der Waals surface area contributed by atoms with E-state index in [4.69, 9.17) is 0 Å². The van der Waals surface area contributed by atoms with E-state index in [0.717, 1.165) is 48.6 Å². The first-order valence-electron chi connectivity index (χ1n) is 10.3. The van der Waals surface area contributed by atoms with E-state index in [1.807, 2.05) is 23.7 Å². The van der Waals surface area contributed by atoms with Crippen LogP contribution in [0.15, 0.2) is 48.7 Å². The number of carbonyl (C=O) groups excluding carboxylic acids is 1. The van der Waals surface area contributed by atoms with Gasteiger partial charge in [0, 0.05) is 11.6 Å². The SMILES string of the molecule is Cc1ccc(-n2ncc(C(=O)Nc3ccc(C)cc3C)c2C2CCNCC2)cc1.Cl. The maximum absolute atomic E-state index is 13.2. The van der Waals surface area contributed by atoms with Gasteiger partial charge in [0.2, 0.25) is 0 Å². The van der Waals surface area contributed by atoms with Crippen LogP contribution in [0.4, 0.5) is 5.69 Å². The number of halogens is 1. The number of carbonyl (C=O) groups is 1. The maximum Gasteiger partial charge on any atom is 0.259 e. The Labute approximate surface area is 184 Å². The molecule has 1 fully saturated rings. The maximum atomic E-state index is 13.2. The van der Waals surface area contributed by atoms with Gasteiger partial charge in [-0.25, -0.2) is 4.68 Å². The quantitative estimate of drug-likeness (QED) is 0.623. The predicted octanol–water partition coefficient (Wildman–Crippen LogP) is 4.94. The minimum Gasteiger partial charge on any atom is -0.322 e. The zero-order chi connectivity index (χ0) is 20.4. The minimum absolute atomic E-state index is 0. The van der Waals surface area contributed by atoms with Crippen molar-refractivity contribution in [2.24, 2.45) is 0 Å². The molecule has 2 N–H and O–H groups in total. The summed E-state index contributed by atoms with van der Waals surface area (Å²) in [4.78, 5) is 13.2. The van der Waals surface area contributed by atoms with Gasteiger partial charge < -0.3 is 10.6 Å². The number of aromatic nitrogens is 2. The fourth-order valence-corrected chi connectivity index (χ4v) is 4.06. The van der Waals surface area contributed by atoms with Crippen molar-refractivity contribution >= 4 is 24.0 Å². The smallest absolute Gasteiger partial charge is 0.259 e. The van der Waals surface area contributed by atoms with Gasteiger partial charge in [-0.05, 0) is 70.5 Å². The van der Waals surface area contributed by atoms with E-state index in [9.17, 15) is 4.79 Å². The molecule has 1 aliphatic rings. The van der Waals surface area contributed by atoms with Gasteiger partial charge in [0.1, 0.15) is 0 Å². The number of rotatable bonds is 4. The summed E-state index contributed by atoms with van der Waals surface area (Å²) in [7, 11) is 0. The second kappa shape index (κ2) is 9.45. The monoisotopic (exact) mass is 424 g/mol. The highest BCUT2D eigenvalue weighted by molar-refractivity contribution is 6.05. The minimum atomic E-state index is -0.0937. The molecular formula is C24H29ClN4O. The third kappa shape index (κ3) is 4.58. The van der Waals surface area contributed by atoms with Crippen LogP contribution in [-0.2, 0) is 0 Å². The average molecular weight is 425 g/mol. The van der Waals surface area contributed by atoms with E-state index in [-0.39, 0.29) is 18.3 Å². The van der Waals surface area contributed by atoms with Crippen LogP contribution in [0.3, 0.4) is 0 Å². The van der Waals surface area contributed by atoms with Gasteiger partial charge in [-0.1, -0.05) is 35.4 Å². The number of amides is 1. The summed E-state index contributed by atoms with van der Waals surface area (Å²) >= 11 is 0. The van der Waals surface area contributed by atoms with Crippen LogP contribution < -0.4 is 10.6 Å². The first-order chi connectivity index (χ1) is 14.0. The summed E-state index contributed by atoms with van der Waals surface area (Å²) in [6.07, 6.45) is 3.72. The van der Waals surface area contributed by atoms with Gasteiger partial charge in [-0.3, -0.25) is 4.79 Å². The zero-order valence-electron chi connectivity index (χ0n) is 17.7. The van der Waals surface area contributed by atoms with Crippen LogP contribution in [0.1, 0.15) is 51.5 Å². The second-order valence-electron chi connectivity index (χ2n) is 7.99. The Morgan fingerprint density at radius 3 is 2.37 bits per heavy atom. The molecule has 1 aromatic heterocycles. The number of hydrogen-bond acceptors (Lipinski definition) is 3. The zero-order valence-corrected chi connectivity index (χ0v) is 18.6. The second-order valence-corrected chi connectivity index (χ2v) is 7.99. The highest BCUT2D eigenvalue weighted by atomic mass is 35.5. The van der Waals surface area contributed by atoms with E-state index in [2.05, 4.69) is 59.9 Å². The lowest BCUT2D eigenvalue weighted by atomic mass is 9.91. The standard InChI is InChI=1S/C24H28N4O.ClH/c1-16-4-7-20(8-5-16)28-23(19-10-12-25-13-11-19)21(15-26-28)24(29)27-22-9-6-17(2)14-18(22)3;/h4-9,14-15,19,25H,10-13H2,1-3H3,(H,27,29);1H. The van der Waals surface area contributed by atoms with Crippen molar-refractivity contribution in [2.45, 2.75) is 39.5 Å². The summed E-state index contributed by atoms with van der Waals surface area (Å²) in [5.41, 5.74) is 6.97. The summed E-state index contributed by atoms with van der Waals surface area (Å²) in [5.74, 6) is 0.212. The molecule has 1 aliphatic heterocycles.